The average Bonchev–Trinajstić information content (AvgIpc) is 3.32. The van der Waals surface area contributed by atoms with Crippen molar-refractivity contribution in [3.05, 3.63) is 144 Å². The number of fused-ring (bicyclic) bond motifs is 1. The first-order chi connectivity index (χ1) is 19.0. The van der Waals surface area contributed by atoms with E-state index in [0.29, 0.717) is 5.75 Å². The Kier molecular flexibility index (Phi) is 6.45. The maximum Gasteiger partial charge on any atom is 0.275 e. The predicted octanol–water partition coefficient (Wildman–Crippen LogP) is 8.77. The second-order valence-electron chi connectivity index (χ2n) is 9.97. The van der Waals surface area contributed by atoms with Gasteiger partial charge in [0, 0.05) is 23.6 Å². The van der Waals surface area contributed by atoms with Gasteiger partial charge in [-0.2, -0.15) is 0 Å². The van der Waals surface area contributed by atoms with Crippen molar-refractivity contribution in [1.29, 1.82) is 0 Å². The molecule has 4 heteroatoms. The molecule has 0 aromatic heterocycles. The first-order valence-corrected chi connectivity index (χ1v) is 13.1. The lowest BCUT2D eigenvalue weighted by Crippen LogP contribution is -2.31. The van der Waals surface area contributed by atoms with Crippen molar-refractivity contribution in [3.63, 3.8) is 0 Å². The summed E-state index contributed by atoms with van der Waals surface area (Å²) < 4.78 is 25.4. The topological polar surface area (TPSA) is 36.9 Å². The molecule has 0 N–H and O–H groups in total. The Bertz CT molecular complexity index is 1560. The second kappa shape index (κ2) is 10.2. The van der Waals surface area contributed by atoms with Crippen LogP contribution in [-0.4, -0.2) is 0 Å². The summed E-state index contributed by atoms with van der Waals surface area (Å²) in [7, 11) is 0. The second-order valence-corrected chi connectivity index (χ2v) is 9.97. The molecule has 6 rings (SSSR count). The zero-order valence-electron chi connectivity index (χ0n) is 22.3. The number of rotatable bonds is 7. The Morgan fingerprint density at radius 3 is 1.85 bits per heavy atom. The first-order valence-electron chi connectivity index (χ1n) is 13.1. The van der Waals surface area contributed by atoms with Crippen LogP contribution in [0.3, 0.4) is 0 Å². The first kappa shape index (κ1) is 24.6. The van der Waals surface area contributed by atoms with Crippen molar-refractivity contribution in [3.8, 4) is 34.1 Å². The molecular formula is C35H30O4. The summed E-state index contributed by atoms with van der Waals surface area (Å²) in [5.74, 6) is 2.05. The van der Waals surface area contributed by atoms with Crippen LogP contribution in [-0.2, 0) is 5.79 Å². The third-order valence-corrected chi connectivity index (χ3v) is 6.84. The van der Waals surface area contributed by atoms with E-state index in [1.54, 1.807) is 0 Å². The number of benzene rings is 5. The van der Waals surface area contributed by atoms with Crippen LogP contribution >= 0.6 is 0 Å². The van der Waals surface area contributed by atoms with E-state index in [9.17, 15) is 0 Å². The van der Waals surface area contributed by atoms with Crippen molar-refractivity contribution in [2.45, 2.75) is 32.8 Å². The molecule has 0 amide bonds. The fraction of sp³-hybridized carbons (Fsp3) is 0.143. The minimum absolute atomic E-state index is 0.591. The summed E-state index contributed by atoms with van der Waals surface area (Å²) in [6.07, 6.45) is -0.591. The van der Waals surface area contributed by atoms with Crippen LogP contribution in [0.5, 0.6) is 23.0 Å². The third kappa shape index (κ3) is 5.19. The minimum Gasteiger partial charge on any atom is -0.451 e. The molecular weight excluding hydrogens is 484 g/mol. The fourth-order valence-corrected chi connectivity index (χ4v) is 4.77. The maximum absolute atomic E-state index is 6.47. The van der Waals surface area contributed by atoms with Crippen LogP contribution in [0.25, 0.3) is 11.1 Å². The average molecular weight is 515 g/mol. The van der Waals surface area contributed by atoms with Crippen LogP contribution in [0.4, 0.5) is 0 Å². The number of ether oxygens (including phenoxy) is 4. The lowest BCUT2D eigenvalue weighted by Gasteiger charge is -2.23. The summed E-state index contributed by atoms with van der Waals surface area (Å²) in [5, 5.41) is 0. The Labute approximate surface area is 229 Å². The highest BCUT2D eigenvalue weighted by atomic mass is 16.7. The van der Waals surface area contributed by atoms with Gasteiger partial charge >= 0.3 is 0 Å². The van der Waals surface area contributed by atoms with E-state index in [1.165, 1.54) is 5.56 Å². The SMILES string of the molecule is Cc1ccc(OC(Oc2ccc(-c3cc(C)cc4c3OC(C)(c3ccccc3)O4)cc2)c2ccccc2)cc1. The molecule has 0 radical (unpaired) electrons. The van der Waals surface area contributed by atoms with Gasteiger partial charge in [-0.05, 0) is 61.4 Å². The molecule has 4 nitrogen and oxygen atoms in total. The lowest BCUT2D eigenvalue weighted by molar-refractivity contribution is -0.0678. The molecule has 2 atom stereocenters. The molecule has 0 aliphatic carbocycles. The molecule has 0 spiro atoms. The van der Waals surface area contributed by atoms with E-state index < -0.39 is 12.1 Å². The highest BCUT2D eigenvalue weighted by Crippen LogP contribution is 2.50. The van der Waals surface area contributed by atoms with Gasteiger partial charge in [0.1, 0.15) is 11.5 Å². The highest BCUT2D eigenvalue weighted by Gasteiger charge is 2.40. The molecule has 0 saturated heterocycles. The summed E-state index contributed by atoms with van der Waals surface area (Å²) in [6.45, 7) is 6.07. The van der Waals surface area contributed by atoms with Crippen molar-refractivity contribution in [1.82, 2.24) is 0 Å². The predicted molar refractivity (Wildman–Crippen MR) is 153 cm³/mol. The van der Waals surface area contributed by atoms with Gasteiger partial charge in [0.2, 0.25) is 0 Å². The van der Waals surface area contributed by atoms with Gasteiger partial charge in [0.05, 0.1) is 0 Å². The van der Waals surface area contributed by atoms with E-state index in [0.717, 1.165) is 45.1 Å². The van der Waals surface area contributed by atoms with E-state index in [1.807, 2.05) is 122 Å². The van der Waals surface area contributed by atoms with E-state index in [2.05, 4.69) is 19.9 Å². The fourth-order valence-electron chi connectivity index (χ4n) is 4.77. The Balaban J connectivity index is 1.27. The molecule has 0 bridgehead atoms. The van der Waals surface area contributed by atoms with Crippen molar-refractivity contribution >= 4 is 0 Å². The molecule has 2 unspecified atom stereocenters. The van der Waals surface area contributed by atoms with Gasteiger partial charge in [-0.1, -0.05) is 90.5 Å². The van der Waals surface area contributed by atoms with Crippen LogP contribution in [0, 0.1) is 13.8 Å². The Morgan fingerprint density at radius 1 is 0.615 bits per heavy atom. The zero-order chi connectivity index (χ0) is 26.8. The molecule has 0 saturated carbocycles. The molecule has 0 fully saturated rings. The Hall–Kier alpha value is -4.70. The third-order valence-electron chi connectivity index (χ3n) is 6.84. The molecule has 194 valence electrons. The van der Waals surface area contributed by atoms with Crippen LogP contribution in [0.15, 0.2) is 121 Å². The monoisotopic (exact) mass is 514 g/mol. The number of hydrogen-bond donors (Lipinski definition) is 0. The molecule has 1 aliphatic heterocycles. The number of hydrogen-bond acceptors (Lipinski definition) is 4. The Morgan fingerprint density at radius 2 is 1.21 bits per heavy atom. The van der Waals surface area contributed by atoms with Crippen molar-refractivity contribution in [2.75, 3.05) is 0 Å². The van der Waals surface area contributed by atoms with Crippen LogP contribution < -0.4 is 18.9 Å². The standard InChI is InChI=1S/C35H30O4/c1-24-14-18-29(19-15-24)36-34(27-10-6-4-7-11-27)37-30-20-16-26(17-21-30)31-22-25(2)23-32-33(31)39-35(3,38-32)28-12-8-5-9-13-28/h4-23,34H,1-3H3. The number of aryl methyl sites for hydroxylation is 2. The van der Waals surface area contributed by atoms with Crippen LogP contribution in [0.1, 0.15) is 35.5 Å². The van der Waals surface area contributed by atoms with Gasteiger partial charge in [0.25, 0.3) is 12.1 Å². The lowest BCUT2D eigenvalue weighted by atomic mass is 10.0. The largest absolute Gasteiger partial charge is 0.451 e. The van der Waals surface area contributed by atoms with Crippen LogP contribution in [0.2, 0.25) is 0 Å². The van der Waals surface area contributed by atoms with E-state index in [4.69, 9.17) is 18.9 Å². The molecule has 5 aromatic rings. The van der Waals surface area contributed by atoms with Gasteiger partial charge in [0.15, 0.2) is 11.5 Å². The highest BCUT2D eigenvalue weighted by molar-refractivity contribution is 5.76. The maximum atomic E-state index is 6.47. The van der Waals surface area contributed by atoms with Gasteiger partial charge in [-0.3, -0.25) is 0 Å². The molecule has 39 heavy (non-hydrogen) atoms. The summed E-state index contributed by atoms with van der Waals surface area (Å²) >= 11 is 0. The van der Waals surface area contributed by atoms with Gasteiger partial charge in [-0.15, -0.1) is 0 Å². The summed E-state index contributed by atoms with van der Waals surface area (Å²) in [6, 6.07) is 40.1. The summed E-state index contributed by atoms with van der Waals surface area (Å²) in [4.78, 5) is 0. The normalized spacial score (nSPS) is 16.5. The van der Waals surface area contributed by atoms with Crippen molar-refractivity contribution < 1.29 is 18.9 Å². The van der Waals surface area contributed by atoms with Crippen molar-refractivity contribution in [2.24, 2.45) is 0 Å². The van der Waals surface area contributed by atoms with E-state index >= 15 is 0 Å². The zero-order valence-corrected chi connectivity index (χ0v) is 22.3. The molecule has 5 aromatic carbocycles. The van der Waals surface area contributed by atoms with Gasteiger partial charge < -0.3 is 18.9 Å². The molecule has 1 heterocycles. The molecule has 1 aliphatic rings. The quantitative estimate of drug-likeness (QED) is 0.203. The minimum atomic E-state index is -0.884. The smallest absolute Gasteiger partial charge is 0.275 e. The van der Waals surface area contributed by atoms with Gasteiger partial charge in [-0.25, -0.2) is 0 Å². The van der Waals surface area contributed by atoms with E-state index in [-0.39, 0.29) is 0 Å². The summed E-state index contributed by atoms with van der Waals surface area (Å²) in [5.41, 5.74) is 6.17.